The lowest BCUT2D eigenvalue weighted by Crippen LogP contribution is -2.28. The first-order chi connectivity index (χ1) is 5.58. The molecule has 0 amide bonds. The van der Waals surface area contributed by atoms with Crippen molar-refractivity contribution in [2.45, 2.75) is 37.8 Å². The number of alkyl halides is 2. The van der Waals surface area contributed by atoms with Gasteiger partial charge in [-0.2, -0.15) is 0 Å². The van der Waals surface area contributed by atoms with Crippen LogP contribution in [0.25, 0.3) is 0 Å². The van der Waals surface area contributed by atoms with Crippen LogP contribution < -0.4 is 0 Å². The molecule has 0 spiro atoms. The molecule has 1 aliphatic heterocycles. The van der Waals surface area contributed by atoms with Gasteiger partial charge >= 0.3 is 6.29 Å². The predicted octanol–water partition coefficient (Wildman–Crippen LogP) is 2.06. The second kappa shape index (κ2) is 2.50. The summed E-state index contributed by atoms with van der Waals surface area (Å²) in [6.07, 6.45) is -2.21. The van der Waals surface area contributed by atoms with Crippen molar-refractivity contribution in [1.29, 1.82) is 0 Å². The fourth-order valence-corrected chi connectivity index (χ4v) is 1.72. The fraction of sp³-hybridized carbons (Fsp3) is 0.750. The molecule has 1 saturated heterocycles. The van der Waals surface area contributed by atoms with Gasteiger partial charge in [0.1, 0.15) is 6.10 Å². The molecule has 68 valence electrons. The highest BCUT2D eigenvalue weighted by Gasteiger charge is 2.51. The van der Waals surface area contributed by atoms with Gasteiger partial charge in [-0.1, -0.05) is 6.58 Å². The average molecular weight is 176 g/mol. The van der Waals surface area contributed by atoms with E-state index in [1.807, 2.05) is 0 Å². The lowest BCUT2D eigenvalue weighted by molar-refractivity contribution is -0.349. The summed E-state index contributed by atoms with van der Waals surface area (Å²) in [4.78, 5) is 0. The van der Waals surface area contributed by atoms with Gasteiger partial charge in [0.15, 0.2) is 0 Å². The summed E-state index contributed by atoms with van der Waals surface area (Å²) in [7, 11) is 0. The third-order valence-electron chi connectivity index (χ3n) is 2.28. The molecule has 1 saturated carbocycles. The average Bonchev–Trinajstić information content (AvgIpc) is 2.25. The number of hydrogen-bond donors (Lipinski definition) is 0. The van der Waals surface area contributed by atoms with Crippen LogP contribution in [0.15, 0.2) is 12.2 Å². The summed E-state index contributed by atoms with van der Waals surface area (Å²) in [6.45, 7) is 3.68. The topological polar surface area (TPSA) is 18.5 Å². The Morgan fingerprint density at radius 3 is 2.83 bits per heavy atom. The second-order valence-electron chi connectivity index (χ2n) is 3.21. The molecular formula is C8H10F2O2. The molecule has 2 fully saturated rings. The van der Waals surface area contributed by atoms with Crippen molar-refractivity contribution in [3.8, 4) is 0 Å². The zero-order chi connectivity index (χ0) is 8.77. The molecule has 2 nitrogen and oxygen atoms in total. The molecule has 1 heterocycles. The highest BCUT2D eigenvalue weighted by Crippen LogP contribution is 2.40. The minimum Gasteiger partial charge on any atom is -0.289 e. The Bertz CT molecular complexity index is 215. The first-order valence-electron chi connectivity index (χ1n) is 3.99. The predicted molar refractivity (Wildman–Crippen MR) is 37.7 cm³/mol. The van der Waals surface area contributed by atoms with Gasteiger partial charge in [0, 0.05) is 0 Å². The number of hydrogen-bond acceptors (Lipinski definition) is 2. The molecule has 4 heteroatoms. The van der Waals surface area contributed by atoms with E-state index in [4.69, 9.17) is 0 Å². The highest BCUT2D eigenvalue weighted by molar-refractivity contribution is 5.10. The van der Waals surface area contributed by atoms with Crippen molar-refractivity contribution in [3.63, 3.8) is 0 Å². The van der Waals surface area contributed by atoms with Crippen LogP contribution in [0.1, 0.15) is 19.3 Å². The summed E-state index contributed by atoms with van der Waals surface area (Å²) < 4.78 is 33.9. The van der Waals surface area contributed by atoms with E-state index < -0.39 is 18.5 Å². The van der Waals surface area contributed by atoms with Crippen LogP contribution in [0.5, 0.6) is 0 Å². The second-order valence-corrected chi connectivity index (χ2v) is 3.21. The smallest absolute Gasteiger partial charge is 0.289 e. The zero-order valence-electron chi connectivity index (χ0n) is 6.56. The quantitative estimate of drug-likeness (QED) is 0.526. The molecule has 2 unspecified atom stereocenters. The van der Waals surface area contributed by atoms with Gasteiger partial charge in [0.25, 0.3) is 0 Å². The highest BCUT2D eigenvalue weighted by atomic mass is 19.3. The lowest BCUT2D eigenvalue weighted by atomic mass is 9.91. The van der Waals surface area contributed by atoms with Gasteiger partial charge in [-0.25, -0.2) is 0 Å². The molecule has 0 bridgehead atoms. The van der Waals surface area contributed by atoms with Gasteiger partial charge in [-0.15, -0.1) is 8.78 Å². The molecule has 12 heavy (non-hydrogen) atoms. The maximum absolute atomic E-state index is 12.5. The maximum atomic E-state index is 12.5. The SMILES string of the molecule is C=C1CCCC2OC(F)(F)OC12. The van der Waals surface area contributed by atoms with E-state index >= 15 is 0 Å². The van der Waals surface area contributed by atoms with Crippen LogP contribution in [0.3, 0.4) is 0 Å². The summed E-state index contributed by atoms with van der Waals surface area (Å²) in [5, 5.41) is 0. The molecule has 0 radical (unpaired) electrons. The van der Waals surface area contributed by atoms with Crippen LogP contribution in [-0.4, -0.2) is 18.5 Å². The third-order valence-corrected chi connectivity index (χ3v) is 2.28. The monoisotopic (exact) mass is 176 g/mol. The van der Waals surface area contributed by atoms with E-state index in [1.54, 1.807) is 0 Å². The Kier molecular flexibility index (Phi) is 1.70. The van der Waals surface area contributed by atoms with E-state index in [1.165, 1.54) is 0 Å². The molecule has 1 aliphatic carbocycles. The summed E-state index contributed by atoms with van der Waals surface area (Å²) in [6, 6.07) is 0. The Morgan fingerprint density at radius 2 is 2.17 bits per heavy atom. The molecule has 0 aromatic carbocycles. The van der Waals surface area contributed by atoms with E-state index in [9.17, 15) is 8.78 Å². The zero-order valence-corrected chi connectivity index (χ0v) is 6.56. The van der Waals surface area contributed by atoms with Crippen molar-refractivity contribution in [1.82, 2.24) is 0 Å². The van der Waals surface area contributed by atoms with E-state index in [0.29, 0.717) is 6.42 Å². The van der Waals surface area contributed by atoms with Crippen molar-refractivity contribution in [2.75, 3.05) is 0 Å². The van der Waals surface area contributed by atoms with Gasteiger partial charge in [0.2, 0.25) is 0 Å². The summed E-state index contributed by atoms with van der Waals surface area (Å²) in [5.41, 5.74) is 0.725. The molecule has 0 aromatic heterocycles. The Labute approximate surface area is 69.2 Å². The number of fused-ring (bicyclic) bond motifs is 1. The van der Waals surface area contributed by atoms with Gasteiger partial charge in [-0.3, -0.25) is 9.47 Å². The summed E-state index contributed by atoms with van der Waals surface area (Å²) in [5.74, 6) is 0. The first kappa shape index (κ1) is 8.13. The number of ether oxygens (including phenoxy) is 2. The molecule has 0 aromatic rings. The van der Waals surface area contributed by atoms with Gasteiger partial charge in [-0.05, 0) is 24.8 Å². The first-order valence-corrected chi connectivity index (χ1v) is 3.99. The Hall–Kier alpha value is -0.480. The van der Waals surface area contributed by atoms with Gasteiger partial charge in [0.05, 0.1) is 6.10 Å². The molecule has 2 atom stereocenters. The lowest BCUT2D eigenvalue weighted by Gasteiger charge is -2.23. The maximum Gasteiger partial charge on any atom is 0.486 e. The van der Waals surface area contributed by atoms with Crippen molar-refractivity contribution in [3.05, 3.63) is 12.2 Å². The molecule has 2 rings (SSSR count). The van der Waals surface area contributed by atoms with Crippen LogP contribution in [0, 0.1) is 0 Å². The van der Waals surface area contributed by atoms with Crippen LogP contribution in [-0.2, 0) is 9.47 Å². The summed E-state index contributed by atoms with van der Waals surface area (Å²) >= 11 is 0. The van der Waals surface area contributed by atoms with E-state index in [0.717, 1.165) is 18.4 Å². The molecule has 0 N–H and O–H groups in total. The fourth-order valence-electron chi connectivity index (χ4n) is 1.72. The normalized spacial score (nSPS) is 39.7. The van der Waals surface area contributed by atoms with Crippen molar-refractivity contribution in [2.24, 2.45) is 0 Å². The van der Waals surface area contributed by atoms with Crippen molar-refractivity contribution >= 4 is 0 Å². The van der Waals surface area contributed by atoms with Crippen molar-refractivity contribution < 1.29 is 18.3 Å². The number of halogens is 2. The van der Waals surface area contributed by atoms with Crippen LogP contribution in [0.2, 0.25) is 0 Å². The Morgan fingerprint density at radius 1 is 1.42 bits per heavy atom. The largest absolute Gasteiger partial charge is 0.486 e. The van der Waals surface area contributed by atoms with E-state index in [-0.39, 0.29) is 0 Å². The minimum atomic E-state index is -3.40. The van der Waals surface area contributed by atoms with Crippen LogP contribution >= 0.6 is 0 Å². The number of rotatable bonds is 0. The standard InChI is InChI=1S/C8H10F2O2/c1-5-3-2-4-6-7(5)12-8(9,10)11-6/h6-7H,1-4H2. The van der Waals surface area contributed by atoms with E-state index in [2.05, 4.69) is 16.1 Å². The van der Waals surface area contributed by atoms with Crippen LogP contribution in [0.4, 0.5) is 8.78 Å². The van der Waals surface area contributed by atoms with Gasteiger partial charge < -0.3 is 0 Å². The molecule has 2 aliphatic rings. The third kappa shape index (κ3) is 1.25. The Balaban J connectivity index is 2.14. The minimum absolute atomic E-state index is 0.485. The molecular weight excluding hydrogens is 166 g/mol.